The zero-order valence-corrected chi connectivity index (χ0v) is 28.5. The van der Waals surface area contributed by atoms with E-state index >= 15 is 0 Å². The summed E-state index contributed by atoms with van der Waals surface area (Å²) >= 11 is 0. The van der Waals surface area contributed by atoms with Gasteiger partial charge in [-0.05, 0) is 47.5 Å². The van der Waals surface area contributed by atoms with Crippen molar-refractivity contribution in [3.05, 3.63) is 170 Å². The highest BCUT2D eigenvalue weighted by atomic mass is 32.2. The fourth-order valence-corrected chi connectivity index (χ4v) is 9.05. The van der Waals surface area contributed by atoms with Crippen molar-refractivity contribution in [1.29, 1.82) is 0 Å². The lowest BCUT2D eigenvalue weighted by atomic mass is 10.0. The third kappa shape index (κ3) is 4.78. The molecule has 0 N–H and O–H groups in total. The summed E-state index contributed by atoms with van der Waals surface area (Å²) in [7, 11) is -3.69. The minimum atomic E-state index is -3.69. The second kappa shape index (κ2) is 11.7. The van der Waals surface area contributed by atoms with Crippen molar-refractivity contribution in [3.8, 4) is 62.1 Å². The molecule has 0 atom stereocenters. The third-order valence-electron chi connectivity index (χ3n) is 9.82. The van der Waals surface area contributed by atoms with Gasteiger partial charge >= 0.3 is 0 Å². The van der Waals surface area contributed by atoms with E-state index in [9.17, 15) is 8.42 Å². The van der Waals surface area contributed by atoms with Gasteiger partial charge in [0.2, 0.25) is 9.84 Å². The Hall–Kier alpha value is -6.70. The molecule has 7 aromatic carbocycles. The Kier molecular flexibility index (Phi) is 6.78. The molecule has 10 rings (SSSR count). The van der Waals surface area contributed by atoms with Crippen LogP contribution in [0.2, 0.25) is 0 Å². The zero-order valence-electron chi connectivity index (χ0n) is 27.7. The maximum Gasteiger partial charge on any atom is 0.207 e. The van der Waals surface area contributed by atoms with Gasteiger partial charge < -0.3 is 4.57 Å². The molecule has 2 aromatic heterocycles. The normalized spacial score (nSPS) is 12.9. The molecule has 0 spiro atoms. The van der Waals surface area contributed by atoms with Gasteiger partial charge in [-0.15, -0.1) is 0 Å². The van der Waals surface area contributed by atoms with Gasteiger partial charge in [0.1, 0.15) is 0 Å². The van der Waals surface area contributed by atoms with Crippen LogP contribution in [-0.2, 0) is 9.84 Å². The number of nitrogens with zero attached hydrogens (tertiary/aromatic N) is 4. The lowest BCUT2D eigenvalue weighted by Gasteiger charge is -2.12. The molecule has 0 unspecified atom stereocenters. The van der Waals surface area contributed by atoms with Crippen molar-refractivity contribution in [2.24, 2.45) is 0 Å². The summed E-state index contributed by atoms with van der Waals surface area (Å²) in [5.41, 5.74) is 9.02. The first-order valence-electron chi connectivity index (χ1n) is 17.0. The molecule has 52 heavy (non-hydrogen) atoms. The van der Waals surface area contributed by atoms with Crippen molar-refractivity contribution >= 4 is 31.6 Å². The van der Waals surface area contributed by atoms with Gasteiger partial charge in [-0.2, -0.15) is 0 Å². The van der Waals surface area contributed by atoms with Gasteiger partial charge in [-0.1, -0.05) is 133 Å². The van der Waals surface area contributed by atoms with E-state index in [-0.39, 0.29) is 4.90 Å². The van der Waals surface area contributed by atoms with Crippen LogP contribution in [0.3, 0.4) is 0 Å². The Bertz CT molecular complexity index is 2920. The quantitative estimate of drug-likeness (QED) is 0.180. The van der Waals surface area contributed by atoms with Crippen LogP contribution in [0.5, 0.6) is 0 Å². The maximum absolute atomic E-state index is 13.7. The molecule has 0 fully saturated rings. The van der Waals surface area contributed by atoms with Gasteiger partial charge in [0.05, 0.1) is 20.8 Å². The van der Waals surface area contributed by atoms with E-state index in [1.54, 1.807) is 18.2 Å². The molecule has 1 aliphatic heterocycles. The second-order valence-corrected chi connectivity index (χ2v) is 14.8. The average Bonchev–Trinajstić information content (AvgIpc) is 3.66. The predicted octanol–water partition coefficient (Wildman–Crippen LogP) is 10.4. The minimum absolute atomic E-state index is 0.260. The molecule has 0 saturated carbocycles. The van der Waals surface area contributed by atoms with Gasteiger partial charge in [0, 0.05) is 44.3 Å². The highest BCUT2D eigenvalue weighted by Crippen LogP contribution is 2.44. The van der Waals surface area contributed by atoms with Crippen molar-refractivity contribution < 1.29 is 8.42 Å². The van der Waals surface area contributed by atoms with Crippen molar-refractivity contribution in [1.82, 2.24) is 19.5 Å². The fourth-order valence-electron chi connectivity index (χ4n) is 7.34. The Morgan fingerprint density at radius 3 is 1.60 bits per heavy atom. The molecule has 0 aliphatic carbocycles. The molecule has 0 saturated heterocycles. The molecule has 3 heterocycles. The van der Waals surface area contributed by atoms with Crippen LogP contribution in [0, 0.1) is 0 Å². The van der Waals surface area contributed by atoms with Crippen molar-refractivity contribution in [3.63, 3.8) is 0 Å². The SMILES string of the molecule is O=S1(=O)c2ccccc2-c2ccc(-c3nc(-c4ccc(-c5ccccc5)cc4)nc(-c4cccc(-n5c6ccccc6c6ccccc65)c4)n3)cc21. The number of fused-ring (bicyclic) bond motifs is 6. The van der Waals surface area contributed by atoms with E-state index < -0.39 is 9.84 Å². The minimum Gasteiger partial charge on any atom is -0.309 e. The van der Waals surface area contributed by atoms with Crippen LogP contribution in [0.1, 0.15) is 0 Å². The van der Waals surface area contributed by atoms with Crippen LogP contribution in [-0.4, -0.2) is 27.9 Å². The Labute approximate surface area is 300 Å². The molecule has 7 heteroatoms. The number of sulfone groups is 1. The summed E-state index contributed by atoms with van der Waals surface area (Å²) in [5.74, 6) is 1.37. The zero-order chi connectivity index (χ0) is 34.8. The highest BCUT2D eigenvalue weighted by Gasteiger charge is 2.33. The monoisotopic (exact) mass is 688 g/mol. The Balaban J connectivity index is 1.14. The number of benzene rings is 7. The fraction of sp³-hybridized carbons (Fsp3) is 0. The van der Waals surface area contributed by atoms with E-state index in [4.69, 9.17) is 15.0 Å². The lowest BCUT2D eigenvalue weighted by Crippen LogP contribution is -2.02. The molecule has 0 radical (unpaired) electrons. The maximum atomic E-state index is 13.7. The van der Waals surface area contributed by atoms with Gasteiger partial charge in [0.25, 0.3) is 0 Å². The molecule has 9 aromatic rings. The first-order valence-corrected chi connectivity index (χ1v) is 18.5. The van der Waals surface area contributed by atoms with Crippen LogP contribution in [0.15, 0.2) is 180 Å². The molecule has 0 amide bonds. The predicted molar refractivity (Wildman–Crippen MR) is 207 cm³/mol. The molecular weight excluding hydrogens is 661 g/mol. The Morgan fingerprint density at radius 2 is 0.885 bits per heavy atom. The Morgan fingerprint density at radius 1 is 0.385 bits per heavy atom. The van der Waals surface area contributed by atoms with E-state index in [0.29, 0.717) is 39.1 Å². The highest BCUT2D eigenvalue weighted by molar-refractivity contribution is 7.92. The topological polar surface area (TPSA) is 77.7 Å². The first kappa shape index (κ1) is 30.2. The van der Waals surface area contributed by atoms with Crippen LogP contribution in [0.4, 0.5) is 0 Å². The van der Waals surface area contributed by atoms with E-state index in [1.165, 1.54) is 10.8 Å². The second-order valence-electron chi connectivity index (χ2n) is 12.9. The molecule has 6 nitrogen and oxygen atoms in total. The van der Waals surface area contributed by atoms with E-state index in [1.807, 2.05) is 66.7 Å². The largest absolute Gasteiger partial charge is 0.309 e. The van der Waals surface area contributed by atoms with Gasteiger partial charge in [-0.3, -0.25) is 0 Å². The number of rotatable bonds is 5. The van der Waals surface area contributed by atoms with Crippen LogP contribution in [0.25, 0.3) is 83.9 Å². The summed E-state index contributed by atoms with van der Waals surface area (Å²) in [6.45, 7) is 0. The summed E-state index contributed by atoms with van der Waals surface area (Å²) in [5, 5.41) is 2.36. The van der Waals surface area contributed by atoms with Crippen LogP contribution < -0.4 is 0 Å². The standard InChI is InChI=1S/C45H28N4O2S/c50-52(51)41-20-9-6-17-37(41)38-26-25-33(28-42(38)52)45-47-43(31-23-21-30(22-24-31)29-11-2-1-3-12-29)46-44(48-45)32-13-10-14-34(27-32)49-39-18-7-4-15-35(39)36-16-5-8-19-40(36)49/h1-28H. The van der Waals surface area contributed by atoms with E-state index in [0.717, 1.165) is 39.0 Å². The van der Waals surface area contributed by atoms with Crippen molar-refractivity contribution in [2.45, 2.75) is 9.79 Å². The lowest BCUT2D eigenvalue weighted by molar-refractivity contribution is 0.598. The van der Waals surface area contributed by atoms with Gasteiger partial charge in [0.15, 0.2) is 17.5 Å². The molecular formula is C45H28N4O2S. The molecule has 1 aliphatic rings. The van der Waals surface area contributed by atoms with Gasteiger partial charge in [-0.25, -0.2) is 23.4 Å². The summed E-state index contributed by atoms with van der Waals surface area (Å²) in [4.78, 5) is 15.6. The number of para-hydroxylation sites is 2. The number of hydrogen-bond acceptors (Lipinski definition) is 5. The van der Waals surface area contributed by atoms with Crippen LogP contribution >= 0.6 is 0 Å². The smallest absolute Gasteiger partial charge is 0.207 e. The number of hydrogen-bond donors (Lipinski definition) is 0. The summed E-state index contributed by atoms with van der Waals surface area (Å²) in [6, 6.07) is 56.0. The molecule has 246 valence electrons. The average molecular weight is 689 g/mol. The third-order valence-corrected chi connectivity index (χ3v) is 11.7. The van der Waals surface area contributed by atoms with E-state index in [2.05, 4.69) is 89.5 Å². The molecule has 0 bridgehead atoms. The number of aromatic nitrogens is 4. The summed E-state index contributed by atoms with van der Waals surface area (Å²) in [6.07, 6.45) is 0. The van der Waals surface area contributed by atoms with Crippen molar-refractivity contribution in [2.75, 3.05) is 0 Å². The first-order chi connectivity index (χ1) is 25.5. The summed E-state index contributed by atoms with van der Waals surface area (Å²) < 4.78 is 29.6.